The number of hydrogen-bond donors (Lipinski definition) is 2. The maximum Gasteiger partial charge on any atom is 0.225 e. The molecule has 1 rings (SSSR count). The van der Waals surface area contributed by atoms with Crippen molar-refractivity contribution < 1.29 is 14.6 Å². The third-order valence-electron chi connectivity index (χ3n) is 2.05. The molecule has 4 nitrogen and oxygen atoms in total. The summed E-state index contributed by atoms with van der Waals surface area (Å²) < 4.78 is 5.02. The summed E-state index contributed by atoms with van der Waals surface area (Å²) in [7, 11) is 0. The number of hydrogen-bond acceptors (Lipinski definition) is 3. The number of carbonyl (C=O) groups excluding carboxylic acids is 1. The van der Waals surface area contributed by atoms with E-state index in [4.69, 9.17) is 4.74 Å². The van der Waals surface area contributed by atoms with Gasteiger partial charge in [-0.05, 0) is 0 Å². The van der Waals surface area contributed by atoms with E-state index in [1.54, 1.807) is 0 Å². The molecule has 0 aromatic heterocycles. The van der Waals surface area contributed by atoms with E-state index in [0.29, 0.717) is 13.2 Å². The molecule has 0 radical (unpaired) electrons. The van der Waals surface area contributed by atoms with Crippen molar-refractivity contribution in [2.24, 2.45) is 5.41 Å². The van der Waals surface area contributed by atoms with Gasteiger partial charge in [0.05, 0.1) is 25.4 Å². The van der Waals surface area contributed by atoms with Crippen LogP contribution in [0.1, 0.15) is 20.8 Å². The van der Waals surface area contributed by atoms with Crippen LogP contribution in [0.15, 0.2) is 0 Å². The number of amides is 1. The molecule has 1 fully saturated rings. The van der Waals surface area contributed by atoms with Crippen LogP contribution in [-0.4, -0.2) is 36.4 Å². The summed E-state index contributed by atoms with van der Waals surface area (Å²) >= 11 is 0. The van der Waals surface area contributed by atoms with Crippen LogP contribution in [0.3, 0.4) is 0 Å². The topological polar surface area (TPSA) is 58.6 Å². The molecule has 0 bridgehead atoms. The van der Waals surface area contributed by atoms with Gasteiger partial charge in [-0.15, -0.1) is 0 Å². The Morgan fingerprint density at radius 2 is 2.08 bits per heavy atom. The van der Waals surface area contributed by atoms with Crippen molar-refractivity contribution in [3.63, 3.8) is 0 Å². The van der Waals surface area contributed by atoms with Crippen LogP contribution in [0, 0.1) is 5.41 Å². The molecule has 76 valence electrons. The summed E-state index contributed by atoms with van der Waals surface area (Å²) in [5, 5.41) is 12.1. The van der Waals surface area contributed by atoms with Crippen molar-refractivity contribution in [3.05, 3.63) is 0 Å². The van der Waals surface area contributed by atoms with Crippen LogP contribution in [0.25, 0.3) is 0 Å². The highest BCUT2D eigenvalue weighted by Gasteiger charge is 2.31. The molecular formula is C9H17NO3. The average Bonchev–Trinajstić information content (AvgIpc) is 2.34. The van der Waals surface area contributed by atoms with E-state index >= 15 is 0 Å². The van der Waals surface area contributed by atoms with Gasteiger partial charge < -0.3 is 15.2 Å². The molecule has 1 aliphatic rings. The third kappa shape index (κ3) is 2.67. The number of carbonyl (C=O) groups is 1. The Bertz CT molecular complexity index is 198. The third-order valence-corrected chi connectivity index (χ3v) is 2.05. The molecule has 0 aromatic carbocycles. The zero-order chi connectivity index (χ0) is 10.1. The van der Waals surface area contributed by atoms with E-state index < -0.39 is 11.5 Å². The molecule has 2 atom stereocenters. The van der Waals surface area contributed by atoms with Crippen molar-refractivity contribution in [2.75, 3.05) is 13.2 Å². The second kappa shape index (κ2) is 3.64. The second-order valence-electron chi connectivity index (χ2n) is 4.43. The SMILES string of the molecule is CC(C)(C)C(=O)N[C@@H]1COC[C@H]1O. The molecule has 0 saturated carbocycles. The highest BCUT2D eigenvalue weighted by atomic mass is 16.5. The van der Waals surface area contributed by atoms with Gasteiger partial charge >= 0.3 is 0 Å². The molecule has 1 aliphatic heterocycles. The summed E-state index contributed by atoms with van der Waals surface area (Å²) in [5.41, 5.74) is -0.414. The zero-order valence-electron chi connectivity index (χ0n) is 8.33. The van der Waals surface area contributed by atoms with Crippen LogP contribution in [0.4, 0.5) is 0 Å². The van der Waals surface area contributed by atoms with Crippen LogP contribution >= 0.6 is 0 Å². The number of rotatable bonds is 1. The van der Waals surface area contributed by atoms with Gasteiger partial charge in [0, 0.05) is 5.41 Å². The van der Waals surface area contributed by atoms with E-state index in [-0.39, 0.29) is 11.9 Å². The fourth-order valence-electron chi connectivity index (χ4n) is 1.07. The molecule has 13 heavy (non-hydrogen) atoms. The van der Waals surface area contributed by atoms with Gasteiger partial charge in [-0.3, -0.25) is 4.79 Å². The second-order valence-corrected chi connectivity index (χ2v) is 4.43. The van der Waals surface area contributed by atoms with Crippen molar-refractivity contribution in [2.45, 2.75) is 32.9 Å². The standard InChI is InChI=1S/C9H17NO3/c1-9(2,3)8(12)10-6-4-13-5-7(6)11/h6-7,11H,4-5H2,1-3H3,(H,10,12)/t6-,7-/m1/s1. The molecule has 2 N–H and O–H groups in total. The van der Waals surface area contributed by atoms with E-state index in [9.17, 15) is 9.90 Å². The van der Waals surface area contributed by atoms with E-state index in [0.717, 1.165) is 0 Å². The van der Waals surface area contributed by atoms with Crippen molar-refractivity contribution in [1.82, 2.24) is 5.32 Å². The number of nitrogens with one attached hydrogen (secondary N) is 1. The van der Waals surface area contributed by atoms with Gasteiger partial charge in [0.2, 0.25) is 5.91 Å². The molecule has 0 aliphatic carbocycles. The minimum Gasteiger partial charge on any atom is -0.388 e. The molecule has 1 heterocycles. The lowest BCUT2D eigenvalue weighted by molar-refractivity contribution is -0.129. The summed E-state index contributed by atoms with van der Waals surface area (Å²) in [6, 6.07) is -0.244. The molecule has 0 spiro atoms. The number of aliphatic hydroxyl groups excluding tert-OH is 1. The first-order valence-electron chi connectivity index (χ1n) is 4.48. The van der Waals surface area contributed by atoms with Gasteiger partial charge in [-0.25, -0.2) is 0 Å². The first-order chi connectivity index (χ1) is 5.91. The van der Waals surface area contributed by atoms with Gasteiger partial charge in [0.15, 0.2) is 0 Å². The van der Waals surface area contributed by atoms with Crippen LogP contribution < -0.4 is 5.32 Å². The van der Waals surface area contributed by atoms with Gasteiger partial charge in [-0.2, -0.15) is 0 Å². The average molecular weight is 187 g/mol. The first-order valence-corrected chi connectivity index (χ1v) is 4.48. The quantitative estimate of drug-likeness (QED) is 0.603. The maximum absolute atomic E-state index is 11.5. The van der Waals surface area contributed by atoms with Crippen LogP contribution in [0.5, 0.6) is 0 Å². The fraction of sp³-hybridized carbons (Fsp3) is 0.889. The van der Waals surface area contributed by atoms with Crippen molar-refractivity contribution in [1.29, 1.82) is 0 Å². The number of ether oxygens (including phenoxy) is 1. The smallest absolute Gasteiger partial charge is 0.225 e. The van der Waals surface area contributed by atoms with Crippen LogP contribution in [-0.2, 0) is 9.53 Å². The predicted octanol–water partition coefficient (Wildman–Crippen LogP) is -0.0916. The summed E-state index contributed by atoms with van der Waals surface area (Å²) in [5.74, 6) is -0.0537. The summed E-state index contributed by atoms with van der Waals surface area (Å²) in [6.07, 6.45) is -0.564. The zero-order valence-corrected chi connectivity index (χ0v) is 8.33. The molecule has 1 saturated heterocycles. The Morgan fingerprint density at radius 3 is 2.46 bits per heavy atom. The fourth-order valence-corrected chi connectivity index (χ4v) is 1.07. The Hall–Kier alpha value is -0.610. The van der Waals surface area contributed by atoms with Crippen molar-refractivity contribution in [3.8, 4) is 0 Å². The Labute approximate surface area is 78.3 Å². The first kappa shape index (κ1) is 10.5. The summed E-state index contributed by atoms with van der Waals surface area (Å²) in [6.45, 7) is 6.23. The molecule has 1 amide bonds. The Kier molecular flexibility index (Phi) is 2.93. The largest absolute Gasteiger partial charge is 0.388 e. The lowest BCUT2D eigenvalue weighted by Gasteiger charge is -2.22. The molecule has 0 unspecified atom stereocenters. The lowest BCUT2D eigenvalue weighted by atomic mass is 9.95. The Balaban J connectivity index is 2.45. The highest BCUT2D eigenvalue weighted by molar-refractivity contribution is 5.81. The van der Waals surface area contributed by atoms with E-state index in [1.807, 2.05) is 20.8 Å². The normalized spacial score (nSPS) is 28.9. The van der Waals surface area contributed by atoms with Gasteiger partial charge in [0.25, 0.3) is 0 Å². The van der Waals surface area contributed by atoms with Crippen molar-refractivity contribution >= 4 is 5.91 Å². The van der Waals surface area contributed by atoms with Gasteiger partial charge in [0.1, 0.15) is 0 Å². The van der Waals surface area contributed by atoms with E-state index in [2.05, 4.69) is 5.32 Å². The lowest BCUT2D eigenvalue weighted by Crippen LogP contribution is -2.46. The molecular weight excluding hydrogens is 170 g/mol. The molecule has 4 heteroatoms. The highest BCUT2D eigenvalue weighted by Crippen LogP contribution is 2.14. The minimum absolute atomic E-state index is 0.0537. The maximum atomic E-state index is 11.5. The van der Waals surface area contributed by atoms with E-state index in [1.165, 1.54) is 0 Å². The minimum atomic E-state index is -0.564. The Morgan fingerprint density at radius 1 is 1.46 bits per heavy atom. The van der Waals surface area contributed by atoms with Gasteiger partial charge in [-0.1, -0.05) is 20.8 Å². The monoisotopic (exact) mass is 187 g/mol. The number of aliphatic hydroxyl groups is 1. The predicted molar refractivity (Wildman–Crippen MR) is 48.2 cm³/mol. The van der Waals surface area contributed by atoms with Crippen LogP contribution in [0.2, 0.25) is 0 Å². The molecule has 0 aromatic rings. The summed E-state index contributed by atoms with van der Waals surface area (Å²) in [4.78, 5) is 11.5.